The molecule has 3 nitrogen and oxygen atoms in total. The molecule has 0 N–H and O–H groups in total. The topological polar surface area (TPSA) is 23.6 Å². The lowest BCUT2D eigenvalue weighted by molar-refractivity contribution is -0.130. The lowest BCUT2D eigenvalue weighted by Crippen LogP contribution is -2.42. The van der Waals surface area contributed by atoms with Crippen LogP contribution in [0.1, 0.15) is 19.8 Å². The van der Waals surface area contributed by atoms with Crippen LogP contribution in [0.2, 0.25) is 0 Å². The molecule has 4 heteroatoms. The first-order valence-corrected chi connectivity index (χ1v) is 5.22. The molecule has 0 radical (unpaired) electrons. The molecule has 0 bridgehead atoms. The molecule has 12 heavy (non-hydrogen) atoms. The van der Waals surface area contributed by atoms with Crippen LogP contribution < -0.4 is 0 Å². The fraction of sp³-hybridized carbons (Fsp3) is 0.875. The number of hydrogen-bond acceptors (Lipinski definition) is 2. The van der Waals surface area contributed by atoms with Gasteiger partial charge in [-0.3, -0.25) is 4.79 Å². The molecule has 1 aliphatic rings. The van der Waals surface area contributed by atoms with E-state index >= 15 is 0 Å². The summed E-state index contributed by atoms with van der Waals surface area (Å²) in [6.45, 7) is 3.49. The molecular formula is C8H15IN2O. The summed E-state index contributed by atoms with van der Waals surface area (Å²) >= 11 is 2.32. The first-order chi connectivity index (χ1) is 5.61. The molecule has 0 aromatic heterocycles. The largest absolute Gasteiger partial charge is 0.343 e. The fourth-order valence-electron chi connectivity index (χ4n) is 1.54. The number of likely N-dealkylation sites (tertiary alicyclic amines) is 1. The van der Waals surface area contributed by atoms with Gasteiger partial charge in [0.05, 0.1) is 0 Å². The van der Waals surface area contributed by atoms with Gasteiger partial charge in [0.15, 0.2) is 0 Å². The molecule has 0 saturated carbocycles. The predicted octanol–water partition coefficient (Wildman–Crippen LogP) is 1.28. The highest BCUT2D eigenvalue weighted by Gasteiger charge is 2.22. The van der Waals surface area contributed by atoms with Crippen LogP contribution in [0.25, 0.3) is 0 Å². The van der Waals surface area contributed by atoms with Gasteiger partial charge < -0.3 is 4.90 Å². The van der Waals surface area contributed by atoms with Crippen LogP contribution in [0.5, 0.6) is 0 Å². The Hall–Kier alpha value is 0.160. The number of halogens is 1. The second-order valence-electron chi connectivity index (χ2n) is 3.26. The standard InChI is InChI=1S/C8H15IN2O/c1-7(12)11-5-3-8(4-6-11)10(2)9/h8H,3-6H2,1-2H3. The van der Waals surface area contributed by atoms with Crippen LogP contribution in [0.15, 0.2) is 0 Å². The van der Waals surface area contributed by atoms with Gasteiger partial charge in [0, 0.05) is 48.9 Å². The molecule has 1 saturated heterocycles. The van der Waals surface area contributed by atoms with E-state index in [1.807, 2.05) is 4.90 Å². The molecule has 0 aromatic rings. The Labute approximate surface area is 87.6 Å². The van der Waals surface area contributed by atoms with Gasteiger partial charge in [-0.15, -0.1) is 0 Å². The maximum absolute atomic E-state index is 11.0. The highest BCUT2D eigenvalue weighted by atomic mass is 127. The summed E-state index contributed by atoms with van der Waals surface area (Å²) in [5.41, 5.74) is 0. The van der Waals surface area contributed by atoms with Crippen LogP contribution in [0.3, 0.4) is 0 Å². The van der Waals surface area contributed by atoms with Crippen molar-refractivity contribution in [2.45, 2.75) is 25.8 Å². The second kappa shape index (κ2) is 4.41. The average Bonchev–Trinajstić information content (AvgIpc) is 2.04. The minimum absolute atomic E-state index is 0.213. The molecule has 1 aliphatic heterocycles. The molecule has 0 aliphatic carbocycles. The van der Waals surface area contributed by atoms with E-state index in [2.05, 4.69) is 33.0 Å². The van der Waals surface area contributed by atoms with Crippen molar-refractivity contribution in [1.29, 1.82) is 0 Å². The average molecular weight is 282 g/mol. The van der Waals surface area contributed by atoms with Crippen molar-refractivity contribution >= 4 is 28.8 Å². The zero-order valence-electron chi connectivity index (χ0n) is 7.59. The highest BCUT2D eigenvalue weighted by Crippen LogP contribution is 2.17. The Morgan fingerprint density at radius 1 is 1.50 bits per heavy atom. The van der Waals surface area contributed by atoms with Crippen molar-refractivity contribution in [2.24, 2.45) is 0 Å². The second-order valence-corrected chi connectivity index (χ2v) is 4.78. The normalized spacial score (nSPS) is 20.2. The van der Waals surface area contributed by atoms with Crippen LogP contribution in [0.4, 0.5) is 0 Å². The minimum Gasteiger partial charge on any atom is -0.343 e. The Bertz CT molecular complexity index is 164. The van der Waals surface area contributed by atoms with Gasteiger partial charge >= 0.3 is 0 Å². The third-order valence-corrected chi connectivity index (χ3v) is 3.20. The summed E-state index contributed by atoms with van der Waals surface area (Å²) in [6, 6.07) is 0.654. The van der Waals surface area contributed by atoms with Crippen molar-refractivity contribution in [3.63, 3.8) is 0 Å². The number of carbonyl (C=O) groups is 1. The van der Waals surface area contributed by atoms with Gasteiger partial charge in [-0.05, 0) is 19.9 Å². The van der Waals surface area contributed by atoms with Crippen molar-refractivity contribution in [3.8, 4) is 0 Å². The molecule has 1 heterocycles. The van der Waals surface area contributed by atoms with E-state index in [9.17, 15) is 4.79 Å². The maximum Gasteiger partial charge on any atom is 0.219 e. The SMILES string of the molecule is CC(=O)N1CCC(N(C)I)CC1. The van der Waals surface area contributed by atoms with Gasteiger partial charge in [0.25, 0.3) is 0 Å². The van der Waals surface area contributed by atoms with Crippen molar-refractivity contribution in [1.82, 2.24) is 8.01 Å². The molecule has 0 aromatic carbocycles. The summed E-state index contributed by atoms with van der Waals surface area (Å²) in [5, 5.41) is 0. The quantitative estimate of drug-likeness (QED) is 0.534. The number of rotatable bonds is 1. The van der Waals surface area contributed by atoms with Crippen molar-refractivity contribution in [3.05, 3.63) is 0 Å². The lowest BCUT2D eigenvalue weighted by atomic mass is 10.1. The number of nitrogens with zero attached hydrogens (tertiary/aromatic N) is 2. The lowest BCUT2D eigenvalue weighted by Gasteiger charge is -2.33. The smallest absolute Gasteiger partial charge is 0.219 e. The summed E-state index contributed by atoms with van der Waals surface area (Å²) in [7, 11) is 2.09. The number of amides is 1. The van der Waals surface area contributed by atoms with Crippen LogP contribution >= 0.6 is 22.9 Å². The zero-order valence-corrected chi connectivity index (χ0v) is 9.74. The van der Waals surface area contributed by atoms with E-state index in [0.29, 0.717) is 6.04 Å². The summed E-state index contributed by atoms with van der Waals surface area (Å²) in [4.78, 5) is 12.9. The molecule has 0 spiro atoms. The van der Waals surface area contributed by atoms with Gasteiger partial charge in [0.1, 0.15) is 0 Å². The molecule has 0 atom stereocenters. The van der Waals surface area contributed by atoms with E-state index in [4.69, 9.17) is 0 Å². The van der Waals surface area contributed by atoms with Crippen LogP contribution in [0, 0.1) is 0 Å². The molecule has 0 unspecified atom stereocenters. The van der Waals surface area contributed by atoms with Gasteiger partial charge in [-0.2, -0.15) is 0 Å². The first-order valence-electron chi connectivity index (χ1n) is 4.25. The van der Waals surface area contributed by atoms with Gasteiger partial charge in [0.2, 0.25) is 5.91 Å². The highest BCUT2D eigenvalue weighted by molar-refractivity contribution is 14.1. The number of hydrogen-bond donors (Lipinski definition) is 0. The Kier molecular flexibility index (Phi) is 3.77. The summed E-state index contributed by atoms with van der Waals surface area (Å²) in [5.74, 6) is 0.213. The Morgan fingerprint density at radius 3 is 2.33 bits per heavy atom. The number of piperidine rings is 1. The fourth-order valence-corrected chi connectivity index (χ4v) is 2.09. The maximum atomic E-state index is 11.0. The van der Waals surface area contributed by atoms with Crippen LogP contribution in [-0.2, 0) is 4.79 Å². The third kappa shape index (κ3) is 2.58. The van der Waals surface area contributed by atoms with E-state index in [1.165, 1.54) is 0 Å². The summed E-state index contributed by atoms with van der Waals surface area (Å²) < 4.78 is 2.22. The van der Waals surface area contributed by atoms with Gasteiger partial charge in [-0.1, -0.05) is 0 Å². The molecule has 70 valence electrons. The first kappa shape index (κ1) is 10.2. The molecule has 1 rings (SSSR count). The number of carbonyl (C=O) groups excluding carboxylic acids is 1. The predicted molar refractivity (Wildman–Crippen MR) is 57.1 cm³/mol. The third-order valence-electron chi connectivity index (χ3n) is 2.41. The van der Waals surface area contributed by atoms with Crippen LogP contribution in [-0.4, -0.2) is 40.1 Å². The minimum atomic E-state index is 0.213. The molecule has 1 fully saturated rings. The Balaban J connectivity index is 2.34. The van der Waals surface area contributed by atoms with Crippen molar-refractivity contribution < 1.29 is 4.79 Å². The molecular weight excluding hydrogens is 267 g/mol. The van der Waals surface area contributed by atoms with E-state index in [0.717, 1.165) is 25.9 Å². The van der Waals surface area contributed by atoms with E-state index in [-0.39, 0.29) is 5.91 Å². The monoisotopic (exact) mass is 282 g/mol. The van der Waals surface area contributed by atoms with E-state index in [1.54, 1.807) is 6.92 Å². The van der Waals surface area contributed by atoms with Crippen molar-refractivity contribution in [2.75, 3.05) is 20.1 Å². The van der Waals surface area contributed by atoms with Gasteiger partial charge in [-0.25, -0.2) is 3.11 Å². The van der Waals surface area contributed by atoms with E-state index < -0.39 is 0 Å². The summed E-state index contributed by atoms with van der Waals surface area (Å²) in [6.07, 6.45) is 2.22. The molecule has 1 amide bonds. The zero-order chi connectivity index (χ0) is 9.14. The Morgan fingerprint density at radius 2 is 2.00 bits per heavy atom.